The molecule has 1 aliphatic rings. The number of benzene rings is 1. The van der Waals surface area contributed by atoms with Crippen molar-refractivity contribution in [1.29, 1.82) is 0 Å². The number of amides is 1. The van der Waals surface area contributed by atoms with Crippen molar-refractivity contribution in [2.45, 2.75) is 0 Å². The van der Waals surface area contributed by atoms with Gasteiger partial charge in [0.2, 0.25) is 0 Å². The number of carbonyl (C=O) groups is 1. The van der Waals surface area contributed by atoms with Crippen LogP contribution in [-0.2, 0) is 0 Å². The number of methoxy groups -OCH3 is 2. The zero-order valence-corrected chi connectivity index (χ0v) is 12.6. The number of ether oxygens (including phenoxy) is 2. The summed E-state index contributed by atoms with van der Waals surface area (Å²) in [6.45, 7) is 5.56. The molecule has 116 valence electrons. The quantitative estimate of drug-likeness (QED) is 0.792. The summed E-state index contributed by atoms with van der Waals surface area (Å²) in [4.78, 5) is 14.6. The van der Waals surface area contributed by atoms with E-state index < -0.39 is 0 Å². The lowest BCUT2D eigenvalue weighted by Crippen LogP contribution is -2.46. The first-order valence-electron chi connectivity index (χ1n) is 7.18. The lowest BCUT2D eigenvalue weighted by molar-refractivity contribution is 0.0943. The van der Waals surface area contributed by atoms with E-state index >= 15 is 0 Å². The molecule has 1 heterocycles. The maximum absolute atomic E-state index is 12.3. The number of rotatable bonds is 6. The topological polar surface area (TPSA) is 62.8 Å². The van der Waals surface area contributed by atoms with Crippen molar-refractivity contribution >= 4 is 5.91 Å². The number of carbonyl (C=O) groups excluding carboxylic acids is 1. The van der Waals surface area contributed by atoms with E-state index in [1.165, 1.54) is 7.11 Å². The van der Waals surface area contributed by atoms with E-state index in [-0.39, 0.29) is 5.91 Å². The lowest BCUT2D eigenvalue weighted by atomic mass is 10.1. The summed E-state index contributed by atoms with van der Waals surface area (Å²) in [5.41, 5.74) is 0.497. The smallest absolute Gasteiger partial charge is 0.255 e. The summed E-state index contributed by atoms with van der Waals surface area (Å²) >= 11 is 0. The number of hydrogen-bond donors (Lipinski definition) is 2. The van der Waals surface area contributed by atoms with Gasteiger partial charge in [0.05, 0.1) is 19.8 Å². The van der Waals surface area contributed by atoms with Crippen molar-refractivity contribution in [2.24, 2.45) is 0 Å². The standard InChI is InChI=1S/C15H23N3O3/c1-20-13-5-3-4-12(14(13)21-2)15(19)17-8-11-18-9-6-16-7-10-18/h3-5,16H,6-11H2,1-2H3,(H,17,19). The van der Waals surface area contributed by atoms with Gasteiger partial charge in [-0.05, 0) is 12.1 Å². The highest BCUT2D eigenvalue weighted by Crippen LogP contribution is 2.30. The molecule has 2 N–H and O–H groups in total. The van der Waals surface area contributed by atoms with Crippen LogP contribution in [0.5, 0.6) is 11.5 Å². The Morgan fingerprint density at radius 2 is 2.05 bits per heavy atom. The molecular formula is C15H23N3O3. The van der Waals surface area contributed by atoms with E-state index in [4.69, 9.17) is 9.47 Å². The lowest BCUT2D eigenvalue weighted by Gasteiger charge is -2.27. The molecule has 0 saturated carbocycles. The molecule has 1 aliphatic heterocycles. The normalized spacial score (nSPS) is 15.5. The molecule has 0 bridgehead atoms. The Morgan fingerprint density at radius 1 is 1.29 bits per heavy atom. The SMILES string of the molecule is COc1cccc(C(=O)NCCN2CCNCC2)c1OC. The zero-order valence-electron chi connectivity index (χ0n) is 12.6. The van der Waals surface area contributed by atoms with Crippen LogP contribution in [-0.4, -0.2) is 64.3 Å². The molecule has 1 saturated heterocycles. The molecule has 21 heavy (non-hydrogen) atoms. The fourth-order valence-electron chi connectivity index (χ4n) is 2.42. The first-order chi connectivity index (χ1) is 10.3. The van der Waals surface area contributed by atoms with Gasteiger partial charge in [-0.1, -0.05) is 6.07 Å². The van der Waals surface area contributed by atoms with E-state index in [2.05, 4.69) is 15.5 Å². The van der Waals surface area contributed by atoms with Gasteiger partial charge in [0.1, 0.15) is 0 Å². The van der Waals surface area contributed by atoms with Crippen LogP contribution >= 0.6 is 0 Å². The summed E-state index contributed by atoms with van der Waals surface area (Å²) in [6.07, 6.45) is 0. The fraction of sp³-hybridized carbons (Fsp3) is 0.533. The second-order valence-corrected chi connectivity index (χ2v) is 4.89. The maximum Gasteiger partial charge on any atom is 0.255 e. The highest BCUT2D eigenvalue weighted by atomic mass is 16.5. The van der Waals surface area contributed by atoms with Crippen molar-refractivity contribution in [3.05, 3.63) is 23.8 Å². The minimum atomic E-state index is -0.138. The Bertz CT molecular complexity index is 473. The van der Waals surface area contributed by atoms with Crippen LogP contribution in [0.4, 0.5) is 0 Å². The van der Waals surface area contributed by atoms with Gasteiger partial charge in [0.15, 0.2) is 11.5 Å². The van der Waals surface area contributed by atoms with E-state index in [9.17, 15) is 4.79 Å². The monoisotopic (exact) mass is 293 g/mol. The second kappa shape index (κ2) is 7.85. The maximum atomic E-state index is 12.3. The third-order valence-corrected chi connectivity index (χ3v) is 3.57. The molecule has 6 nitrogen and oxygen atoms in total. The molecule has 1 aromatic rings. The van der Waals surface area contributed by atoms with Crippen LogP contribution in [0.15, 0.2) is 18.2 Å². The van der Waals surface area contributed by atoms with Gasteiger partial charge in [-0.25, -0.2) is 0 Å². The van der Waals surface area contributed by atoms with Crippen LogP contribution in [0.3, 0.4) is 0 Å². The summed E-state index contributed by atoms with van der Waals surface area (Å²) in [6, 6.07) is 5.30. The predicted molar refractivity (Wildman–Crippen MR) is 81.2 cm³/mol. The third kappa shape index (κ3) is 4.09. The van der Waals surface area contributed by atoms with Gasteiger partial charge in [-0.2, -0.15) is 0 Å². The molecule has 6 heteroatoms. The van der Waals surface area contributed by atoms with Gasteiger partial charge in [-0.15, -0.1) is 0 Å². The van der Waals surface area contributed by atoms with Crippen LogP contribution in [0.1, 0.15) is 10.4 Å². The molecule has 0 atom stereocenters. The Morgan fingerprint density at radius 3 is 2.71 bits per heavy atom. The Balaban J connectivity index is 1.90. The molecule has 0 unspecified atom stereocenters. The molecule has 0 aliphatic carbocycles. The summed E-state index contributed by atoms with van der Waals surface area (Å²) in [7, 11) is 3.10. The minimum absolute atomic E-state index is 0.138. The van der Waals surface area contributed by atoms with Crippen molar-refractivity contribution in [3.8, 4) is 11.5 Å². The summed E-state index contributed by atoms with van der Waals surface area (Å²) in [5.74, 6) is 0.896. The van der Waals surface area contributed by atoms with Gasteiger partial charge < -0.3 is 20.1 Å². The predicted octanol–water partition coefficient (Wildman–Crippen LogP) is 0.339. The first-order valence-corrected chi connectivity index (χ1v) is 7.18. The Labute approximate surface area is 125 Å². The molecule has 0 radical (unpaired) electrons. The molecule has 1 amide bonds. The average Bonchev–Trinajstić information content (AvgIpc) is 2.54. The van der Waals surface area contributed by atoms with Gasteiger partial charge in [0, 0.05) is 39.3 Å². The van der Waals surface area contributed by atoms with Gasteiger partial charge >= 0.3 is 0 Å². The number of para-hydroxylation sites is 1. The highest BCUT2D eigenvalue weighted by molar-refractivity contribution is 5.97. The summed E-state index contributed by atoms with van der Waals surface area (Å²) in [5, 5.41) is 6.24. The number of piperazine rings is 1. The molecule has 0 spiro atoms. The fourth-order valence-corrected chi connectivity index (χ4v) is 2.42. The Kier molecular flexibility index (Phi) is 5.83. The number of nitrogens with zero attached hydrogens (tertiary/aromatic N) is 1. The van der Waals surface area contributed by atoms with Crippen molar-refractivity contribution in [3.63, 3.8) is 0 Å². The van der Waals surface area contributed by atoms with E-state index in [1.54, 1.807) is 25.3 Å². The van der Waals surface area contributed by atoms with Gasteiger partial charge in [0.25, 0.3) is 5.91 Å². The third-order valence-electron chi connectivity index (χ3n) is 3.57. The van der Waals surface area contributed by atoms with Crippen LogP contribution < -0.4 is 20.1 Å². The number of nitrogens with one attached hydrogen (secondary N) is 2. The molecular weight excluding hydrogens is 270 g/mol. The zero-order chi connectivity index (χ0) is 15.1. The molecule has 2 rings (SSSR count). The van der Waals surface area contributed by atoms with Crippen LogP contribution in [0, 0.1) is 0 Å². The van der Waals surface area contributed by atoms with Gasteiger partial charge in [-0.3, -0.25) is 9.69 Å². The van der Waals surface area contributed by atoms with E-state index in [0.717, 1.165) is 32.7 Å². The van der Waals surface area contributed by atoms with E-state index in [1.807, 2.05) is 0 Å². The number of hydrogen-bond acceptors (Lipinski definition) is 5. The molecule has 0 aromatic heterocycles. The van der Waals surface area contributed by atoms with Crippen molar-refractivity contribution in [2.75, 3.05) is 53.5 Å². The highest BCUT2D eigenvalue weighted by Gasteiger charge is 2.16. The van der Waals surface area contributed by atoms with Crippen molar-refractivity contribution < 1.29 is 14.3 Å². The Hall–Kier alpha value is -1.79. The largest absolute Gasteiger partial charge is 0.493 e. The summed E-state index contributed by atoms with van der Waals surface area (Å²) < 4.78 is 10.5. The van der Waals surface area contributed by atoms with Crippen molar-refractivity contribution in [1.82, 2.24) is 15.5 Å². The second-order valence-electron chi connectivity index (χ2n) is 4.89. The molecule has 1 aromatic carbocycles. The van der Waals surface area contributed by atoms with Crippen LogP contribution in [0.2, 0.25) is 0 Å². The molecule has 1 fully saturated rings. The first kappa shape index (κ1) is 15.6. The average molecular weight is 293 g/mol. The van der Waals surface area contributed by atoms with E-state index in [0.29, 0.717) is 23.6 Å². The van der Waals surface area contributed by atoms with Crippen LogP contribution in [0.25, 0.3) is 0 Å². The minimum Gasteiger partial charge on any atom is -0.493 e.